The molecular weight excluding hydrogens is 474 g/mol. The van der Waals surface area contributed by atoms with E-state index in [1.54, 1.807) is 24.3 Å². The number of imide groups is 1. The van der Waals surface area contributed by atoms with E-state index in [1.165, 1.54) is 24.3 Å². The van der Waals surface area contributed by atoms with Gasteiger partial charge in [0.2, 0.25) is 0 Å². The van der Waals surface area contributed by atoms with Gasteiger partial charge in [-0.2, -0.15) is 5.10 Å². The molecule has 13 nitrogen and oxygen atoms in total. The van der Waals surface area contributed by atoms with Crippen LogP contribution in [-0.2, 0) is 20.9 Å². The molecule has 3 rings (SSSR count). The van der Waals surface area contributed by atoms with Crippen LogP contribution in [-0.4, -0.2) is 57.5 Å². The number of nitrogens with zero attached hydrogens (tertiary/aromatic N) is 4. The second kappa shape index (κ2) is 11.4. The third-order valence-electron chi connectivity index (χ3n) is 4.74. The van der Waals surface area contributed by atoms with Gasteiger partial charge in [0.25, 0.3) is 11.6 Å². The maximum atomic E-state index is 12.4. The lowest BCUT2D eigenvalue weighted by molar-refractivity contribution is -0.384. The minimum atomic E-state index is -0.888. The predicted molar refractivity (Wildman–Crippen MR) is 127 cm³/mol. The molecule has 4 amide bonds. The molecule has 0 atom stereocenters. The number of carbonyl (C=O) groups is 3. The number of non-ortho nitro benzene ring substituents is 1. The van der Waals surface area contributed by atoms with Crippen molar-refractivity contribution < 1.29 is 33.9 Å². The number of allylic oxidation sites excluding steroid dienone is 1. The second-order valence-corrected chi connectivity index (χ2v) is 7.24. The van der Waals surface area contributed by atoms with E-state index in [2.05, 4.69) is 23.6 Å². The first-order chi connectivity index (χ1) is 17.2. The molecule has 186 valence electrons. The second-order valence-electron chi connectivity index (χ2n) is 7.24. The lowest BCUT2D eigenvalue weighted by Gasteiger charge is -2.14. The van der Waals surface area contributed by atoms with E-state index in [0.29, 0.717) is 21.7 Å². The molecule has 0 radical (unpaired) electrons. The molecule has 1 aliphatic rings. The highest BCUT2D eigenvalue weighted by atomic mass is 16.6. The summed E-state index contributed by atoms with van der Waals surface area (Å²) in [6.07, 6.45) is 0.204. The molecule has 13 heteroatoms. The Bertz CT molecular complexity index is 1220. The Morgan fingerprint density at radius 3 is 2.44 bits per heavy atom. The van der Waals surface area contributed by atoms with Gasteiger partial charge >= 0.3 is 12.1 Å². The zero-order valence-electron chi connectivity index (χ0n) is 18.8. The Morgan fingerprint density at radius 2 is 1.83 bits per heavy atom. The van der Waals surface area contributed by atoms with E-state index in [9.17, 15) is 24.5 Å². The summed E-state index contributed by atoms with van der Waals surface area (Å²) < 4.78 is 10.3. The fourth-order valence-electron chi connectivity index (χ4n) is 2.86. The van der Waals surface area contributed by atoms with Crippen LogP contribution in [0.25, 0.3) is 5.76 Å². The molecule has 1 fully saturated rings. The summed E-state index contributed by atoms with van der Waals surface area (Å²) in [5.41, 5.74) is 1.43. The van der Waals surface area contributed by atoms with Crippen LogP contribution in [0.15, 0.2) is 72.5 Å². The largest absolute Gasteiger partial charge is 0.456 e. The molecule has 0 spiro atoms. The third kappa shape index (κ3) is 6.51. The van der Waals surface area contributed by atoms with E-state index < -0.39 is 29.7 Å². The van der Waals surface area contributed by atoms with Gasteiger partial charge in [0.05, 0.1) is 17.7 Å². The van der Waals surface area contributed by atoms with Crippen molar-refractivity contribution in [3.05, 3.63) is 88.7 Å². The number of benzene rings is 2. The SMILES string of the molecule is C=C(/C=N/N1CC(=O)N(COC(=O)Nc2ccc(CO)cc2)C1=O)OC(=C)c1ccc([N+](=O)[O-])cc1. The predicted octanol–water partition coefficient (Wildman–Crippen LogP) is 3.04. The maximum absolute atomic E-state index is 12.4. The van der Waals surface area contributed by atoms with Gasteiger partial charge in [-0.15, -0.1) is 0 Å². The number of aliphatic hydroxyl groups is 1. The highest BCUT2D eigenvalue weighted by molar-refractivity contribution is 6.02. The number of anilines is 1. The molecule has 36 heavy (non-hydrogen) atoms. The van der Waals surface area contributed by atoms with Crippen molar-refractivity contribution in [3.63, 3.8) is 0 Å². The van der Waals surface area contributed by atoms with Crippen molar-refractivity contribution >= 4 is 41.4 Å². The molecule has 2 aromatic rings. The Labute approximate surface area is 204 Å². The molecule has 2 aromatic carbocycles. The van der Waals surface area contributed by atoms with E-state index in [1.807, 2.05) is 0 Å². The molecule has 1 saturated heterocycles. The highest BCUT2D eigenvalue weighted by Gasteiger charge is 2.37. The molecule has 2 N–H and O–H groups in total. The molecule has 1 heterocycles. The van der Waals surface area contributed by atoms with Crippen LogP contribution in [0.1, 0.15) is 11.1 Å². The average Bonchev–Trinajstić information content (AvgIpc) is 3.14. The van der Waals surface area contributed by atoms with Crippen LogP contribution < -0.4 is 5.32 Å². The summed E-state index contributed by atoms with van der Waals surface area (Å²) in [6.45, 7) is 6.19. The first-order valence-corrected chi connectivity index (χ1v) is 10.3. The van der Waals surface area contributed by atoms with Crippen LogP contribution in [0.4, 0.5) is 21.0 Å². The Kier molecular flexibility index (Phi) is 8.10. The maximum Gasteiger partial charge on any atom is 0.413 e. The molecule has 0 bridgehead atoms. The number of aliphatic hydroxyl groups excluding tert-OH is 1. The zero-order chi connectivity index (χ0) is 26.2. The van der Waals surface area contributed by atoms with Gasteiger partial charge in [-0.25, -0.2) is 19.5 Å². The van der Waals surface area contributed by atoms with Crippen LogP contribution in [0.3, 0.4) is 0 Å². The number of nitro benzene ring substituents is 1. The van der Waals surface area contributed by atoms with E-state index >= 15 is 0 Å². The van der Waals surface area contributed by atoms with E-state index in [-0.39, 0.29) is 30.4 Å². The molecule has 0 unspecified atom stereocenters. The molecular formula is C23H21N5O8. The normalized spacial score (nSPS) is 13.1. The standard InChI is InChI=1S/C23H21N5O8/c1-15(36-16(2)18-5-9-20(10-6-18)28(33)34)11-24-27-12-21(30)26(23(27)32)14-35-22(31)25-19-7-3-17(13-29)4-8-19/h3-11,29H,1-2,12-14H2,(H,25,31)/b24-11+. The number of urea groups is 1. The lowest BCUT2D eigenvalue weighted by Crippen LogP contribution is -2.35. The minimum Gasteiger partial charge on any atom is -0.456 e. The Hall–Kier alpha value is -5.04. The minimum absolute atomic E-state index is 0.0140. The summed E-state index contributed by atoms with van der Waals surface area (Å²) in [5.74, 6) is -0.517. The van der Waals surface area contributed by atoms with Crippen molar-refractivity contribution in [1.82, 2.24) is 9.91 Å². The van der Waals surface area contributed by atoms with Crippen molar-refractivity contribution in [2.24, 2.45) is 5.10 Å². The van der Waals surface area contributed by atoms with E-state index in [4.69, 9.17) is 14.6 Å². The number of nitrogens with one attached hydrogen (secondary N) is 1. The Balaban J connectivity index is 1.49. The smallest absolute Gasteiger partial charge is 0.413 e. The fourth-order valence-corrected chi connectivity index (χ4v) is 2.86. The number of ether oxygens (including phenoxy) is 2. The van der Waals surface area contributed by atoms with Gasteiger partial charge in [0, 0.05) is 23.4 Å². The number of carbonyl (C=O) groups excluding carboxylic acids is 3. The van der Waals surface area contributed by atoms with Crippen molar-refractivity contribution in [3.8, 4) is 0 Å². The zero-order valence-corrected chi connectivity index (χ0v) is 18.8. The quantitative estimate of drug-likeness (QED) is 0.167. The van der Waals surface area contributed by atoms with Gasteiger partial charge in [0.1, 0.15) is 18.1 Å². The van der Waals surface area contributed by atoms with Gasteiger partial charge in [-0.3, -0.25) is 20.2 Å². The summed E-state index contributed by atoms with van der Waals surface area (Å²) in [5, 5.41) is 26.9. The molecule has 1 aliphatic heterocycles. The number of hydrazone groups is 1. The van der Waals surface area contributed by atoms with Crippen molar-refractivity contribution in [1.29, 1.82) is 0 Å². The first-order valence-electron chi connectivity index (χ1n) is 10.3. The van der Waals surface area contributed by atoms with Gasteiger partial charge in [-0.05, 0) is 29.8 Å². The number of nitro groups is 1. The fraction of sp³-hybridized carbons (Fsp3) is 0.130. The number of hydrogen-bond acceptors (Lipinski definition) is 9. The molecule has 0 aromatic heterocycles. The van der Waals surface area contributed by atoms with Gasteiger partial charge in [-0.1, -0.05) is 25.3 Å². The van der Waals surface area contributed by atoms with Crippen LogP contribution in [0.2, 0.25) is 0 Å². The number of rotatable bonds is 10. The van der Waals surface area contributed by atoms with Crippen LogP contribution >= 0.6 is 0 Å². The average molecular weight is 495 g/mol. The first kappa shape index (κ1) is 25.6. The van der Waals surface area contributed by atoms with Crippen molar-refractivity contribution in [2.45, 2.75) is 6.61 Å². The lowest BCUT2D eigenvalue weighted by atomic mass is 10.2. The number of amides is 4. The van der Waals surface area contributed by atoms with Gasteiger partial charge in [0.15, 0.2) is 6.73 Å². The van der Waals surface area contributed by atoms with Crippen LogP contribution in [0.5, 0.6) is 0 Å². The topological polar surface area (TPSA) is 164 Å². The van der Waals surface area contributed by atoms with E-state index in [0.717, 1.165) is 11.2 Å². The monoisotopic (exact) mass is 495 g/mol. The third-order valence-corrected chi connectivity index (χ3v) is 4.74. The van der Waals surface area contributed by atoms with Crippen molar-refractivity contribution in [2.75, 3.05) is 18.6 Å². The highest BCUT2D eigenvalue weighted by Crippen LogP contribution is 2.20. The van der Waals surface area contributed by atoms with Crippen LogP contribution in [0, 0.1) is 10.1 Å². The Morgan fingerprint density at radius 1 is 1.17 bits per heavy atom. The van der Waals surface area contributed by atoms with Gasteiger partial charge < -0.3 is 14.6 Å². The number of hydrogen-bond donors (Lipinski definition) is 2. The summed E-state index contributed by atoms with van der Waals surface area (Å²) in [4.78, 5) is 47.5. The summed E-state index contributed by atoms with van der Waals surface area (Å²) >= 11 is 0. The molecule has 0 aliphatic carbocycles. The summed E-state index contributed by atoms with van der Waals surface area (Å²) in [6, 6.07) is 11.0. The molecule has 0 saturated carbocycles. The summed E-state index contributed by atoms with van der Waals surface area (Å²) in [7, 11) is 0.